The van der Waals surface area contributed by atoms with Gasteiger partial charge in [0.15, 0.2) is 12.4 Å². The van der Waals surface area contributed by atoms with Gasteiger partial charge >= 0.3 is 11.9 Å². The van der Waals surface area contributed by atoms with E-state index in [0.29, 0.717) is 38.5 Å². The molecule has 5 aliphatic carbocycles. The highest BCUT2D eigenvalue weighted by Gasteiger charge is 2.72. The van der Waals surface area contributed by atoms with Crippen LogP contribution in [-0.4, -0.2) is 91.8 Å². The van der Waals surface area contributed by atoms with Gasteiger partial charge in [-0.05, 0) is 97.2 Å². The van der Waals surface area contributed by atoms with Gasteiger partial charge in [-0.2, -0.15) is 0 Å². The summed E-state index contributed by atoms with van der Waals surface area (Å²) < 4.78 is 11.6. The molecule has 1 heterocycles. The second-order valence-corrected chi connectivity index (χ2v) is 17.7. The molecule has 0 aromatic rings. The monoisotopic (exact) mass is 662 g/mol. The highest BCUT2D eigenvalue weighted by Crippen LogP contribution is 2.75. The molecule has 6 rings (SSSR count). The largest absolute Gasteiger partial charge is 0.481 e. The van der Waals surface area contributed by atoms with E-state index in [4.69, 9.17) is 9.47 Å². The number of carbonyl (C=O) groups is 3. The van der Waals surface area contributed by atoms with Crippen molar-refractivity contribution in [3.8, 4) is 0 Å². The molecular weight excluding hydrogens is 608 g/mol. The van der Waals surface area contributed by atoms with Crippen molar-refractivity contribution < 1.29 is 54.5 Å². The second-order valence-electron chi connectivity index (χ2n) is 17.7. The van der Waals surface area contributed by atoms with Gasteiger partial charge in [0.1, 0.15) is 30.0 Å². The van der Waals surface area contributed by atoms with E-state index in [-0.39, 0.29) is 34.0 Å². The summed E-state index contributed by atoms with van der Waals surface area (Å²) in [5, 5.41) is 63.2. The second kappa shape index (κ2) is 11.1. The maximum atomic E-state index is 13.1. The minimum Gasteiger partial charge on any atom is -0.481 e. The molecule has 0 unspecified atom stereocenters. The van der Waals surface area contributed by atoms with Crippen LogP contribution in [0.3, 0.4) is 0 Å². The quantitative estimate of drug-likeness (QED) is 0.144. The van der Waals surface area contributed by atoms with Gasteiger partial charge in [-0.3, -0.25) is 4.79 Å². The number of allylic oxidation sites excluding steroid dienone is 2. The number of carboxylic acids is 2. The number of carbonyl (C=O) groups excluding carboxylic acids is 1. The van der Waals surface area contributed by atoms with Crippen LogP contribution in [-0.2, 0) is 23.9 Å². The Labute approximate surface area is 276 Å². The molecule has 1 saturated heterocycles. The Morgan fingerprint density at radius 1 is 0.872 bits per heavy atom. The molecule has 0 aromatic carbocycles. The van der Waals surface area contributed by atoms with E-state index in [9.17, 15) is 45.0 Å². The smallest absolute Gasteiger partial charge is 0.335 e. The molecule has 1 aliphatic heterocycles. The van der Waals surface area contributed by atoms with E-state index in [0.717, 1.165) is 25.5 Å². The topological polar surface area (TPSA) is 191 Å². The fourth-order valence-corrected chi connectivity index (χ4v) is 12.1. The van der Waals surface area contributed by atoms with Crippen molar-refractivity contribution >= 4 is 18.2 Å². The lowest BCUT2D eigenvalue weighted by Crippen LogP contribution is -2.68. The lowest BCUT2D eigenvalue weighted by atomic mass is 9.33. The van der Waals surface area contributed by atoms with Crippen LogP contribution >= 0.6 is 0 Å². The maximum Gasteiger partial charge on any atom is 0.335 e. The number of fused-ring (bicyclic) bond motifs is 7. The van der Waals surface area contributed by atoms with Crippen LogP contribution in [0, 0.1) is 50.2 Å². The van der Waals surface area contributed by atoms with Gasteiger partial charge in [-0.25, -0.2) is 4.79 Å². The molecule has 11 heteroatoms. The van der Waals surface area contributed by atoms with Crippen LogP contribution in [0.5, 0.6) is 0 Å². The predicted molar refractivity (Wildman–Crippen MR) is 168 cm³/mol. The molecule has 4 saturated carbocycles. The zero-order chi connectivity index (χ0) is 34.7. The Bertz CT molecular complexity index is 1350. The highest BCUT2D eigenvalue weighted by molar-refractivity contribution is 5.77. The number of aliphatic carboxylic acids is 2. The van der Waals surface area contributed by atoms with Crippen molar-refractivity contribution in [1.29, 1.82) is 0 Å². The molecule has 15 atom stereocenters. The van der Waals surface area contributed by atoms with E-state index in [2.05, 4.69) is 40.7 Å². The first-order valence-corrected chi connectivity index (χ1v) is 17.4. The summed E-state index contributed by atoms with van der Waals surface area (Å²) in [7, 11) is 0. The van der Waals surface area contributed by atoms with Crippen molar-refractivity contribution in [1.82, 2.24) is 0 Å². The van der Waals surface area contributed by atoms with E-state index in [1.807, 2.05) is 6.92 Å². The fraction of sp³-hybridized carbons (Fsp3) is 0.861. The highest BCUT2D eigenvalue weighted by atomic mass is 16.7. The van der Waals surface area contributed by atoms with Crippen molar-refractivity contribution in [3.05, 3.63) is 11.6 Å². The first kappa shape index (κ1) is 35.0. The number of ether oxygens (including phenoxy) is 2. The zero-order valence-corrected chi connectivity index (χ0v) is 28.5. The zero-order valence-electron chi connectivity index (χ0n) is 28.5. The molecular formula is C36H54O11. The Kier molecular flexibility index (Phi) is 8.22. The molecule has 6 N–H and O–H groups in total. The van der Waals surface area contributed by atoms with Crippen LogP contribution in [0.25, 0.3) is 0 Å². The molecule has 0 spiro atoms. The first-order chi connectivity index (χ1) is 21.7. The van der Waals surface area contributed by atoms with Gasteiger partial charge in [0.05, 0.1) is 17.6 Å². The van der Waals surface area contributed by atoms with Crippen LogP contribution in [0.4, 0.5) is 0 Å². The Balaban J connectivity index is 1.33. The first-order valence-electron chi connectivity index (χ1n) is 17.4. The number of aliphatic hydroxyl groups excluding tert-OH is 4. The Morgan fingerprint density at radius 2 is 1.55 bits per heavy atom. The Morgan fingerprint density at radius 3 is 2.17 bits per heavy atom. The van der Waals surface area contributed by atoms with Crippen molar-refractivity contribution in [3.63, 3.8) is 0 Å². The predicted octanol–water partition coefficient (Wildman–Crippen LogP) is 3.30. The summed E-state index contributed by atoms with van der Waals surface area (Å²) in [5.41, 5.74) is -2.10. The van der Waals surface area contributed by atoms with Crippen LogP contribution in [0.15, 0.2) is 11.6 Å². The normalized spacial score (nSPS) is 53.7. The summed E-state index contributed by atoms with van der Waals surface area (Å²) in [6, 6.07) is 0. The van der Waals surface area contributed by atoms with Crippen LogP contribution in [0.2, 0.25) is 0 Å². The molecule has 0 amide bonds. The summed E-state index contributed by atoms with van der Waals surface area (Å²) in [6.45, 7) is 13.0. The third-order valence-corrected chi connectivity index (χ3v) is 15.1. The minimum atomic E-state index is -1.84. The van der Waals surface area contributed by atoms with E-state index >= 15 is 0 Å². The summed E-state index contributed by atoms with van der Waals surface area (Å²) in [4.78, 5) is 37.8. The molecule has 0 aromatic heterocycles. The molecule has 0 bridgehead atoms. The van der Waals surface area contributed by atoms with Crippen LogP contribution in [0.1, 0.15) is 99.3 Å². The van der Waals surface area contributed by atoms with Crippen LogP contribution < -0.4 is 0 Å². The fourth-order valence-electron chi connectivity index (χ4n) is 12.1. The average Bonchev–Trinajstić information content (AvgIpc) is 2.98. The number of carboxylic acid groups (broad SMARTS) is 2. The van der Waals surface area contributed by atoms with Gasteiger partial charge in [-0.15, -0.1) is 0 Å². The standard InChI is InChI=1S/C36H54O11/c1-31(2)13-14-36(30(44)45)19(15-31)18-7-8-21-32(3)11-10-23(46-29-26(41)24(39)25(40)27(47-29)28(42)43)33(4,17-37)20(32)9-12-34(21,5)35(18,6)16-22(36)38/h7,17,19-27,29,38-41H,8-16H2,1-6H3,(H,42,43)(H,44,45)/t19-,20+,21+,22-,23-,24+,25-,26+,27-,29+,32-,33-,34+,35+,36+/m0/s1. The number of hydrogen-bond acceptors (Lipinski definition) is 9. The third-order valence-electron chi connectivity index (χ3n) is 15.1. The van der Waals surface area contributed by atoms with E-state index in [1.54, 1.807) is 0 Å². The molecule has 11 nitrogen and oxygen atoms in total. The van der Waals surface area contributed by atoms with E-state index in [1.165, 1.54) is 5.57 Å². The summed E-state index contributed by atoms with van der Waals surface area (Å²) in [5.74, 6) is -2.65. The van der Waals surface area contributed by atoms with Crippen molar-refractivity contribution in [2.24, 2.45) is 50.2 Å². The molecule has 5 fully saturated rings. The number of aldehydes is 1. The minimum absolute atomic E-state index is 0.0395. The average molecular weight is 663 g/mol. The van der Waals surface area contributed by atoms with Crippen molar-refractivity contribution in [2.45, 2.75) is 142 Å². The van der Waals surface area contributed by atoms with Gasteiger partial charge in [0.25, 0.3) is 0 Å². The molecule has 47 heavy (non-hydrogen) atoms. The summed E-state index contributed by atoms with van der Waals surface area (Å²) >= 11 is 0. The van der Waals surface area contributed by atoms with Crippen molar-refractivity contribution in [2.75, 3.05) is 0 Å². The molecule has 264 valence electrons. The van der Waals surface area contributed by atoms with Gasteiger partial charge in [-0.1, -0.05) is 53.2 Å². The lowest BCUT2D eigenvalue weighted by Gasteiger charge is -2.71. The number of hydrogen-bond donors (Lipinski definition) is 6. The van der Waals surface area contributed by atoms with E-state index < -0.39 is 71.1 Å². The lowest BCUT2D eigenvalue weighted by molar-refractivity contribution is -0.321. The molecule has 0 radical (unpaired) electrons. The Hall–Kier alpha value is -1.89. The van der Waals surface area contributed by atoms with Gasteiger partial charge < -0.3 is 44.9 Å². The SMILES string of the molecule is CC1(C)CC[C@]2(C(=O)O)[C@@H](O)C[C@]3(C)C(=CC[C@@H]4[C@@]5(C)CC[C@H](O[C@@H]6O[C@H](C(=O)O)[C@@H](O)[C@@H](O)[C@H]6O)[C@@](C)(C=O)[C@@H]5CC[C@]43C)[C@@H]2C1. The molecule has 6 aliphatic rings. The maximum absolute atomic E-state index is 13.1. The third kappa shape index (κ3) is 4.62. The summed E-state index contributed by atoms with van der Waals surface area (Å²) in [6.07, 6.45) is -1.60. The number of aliphatic hydroxyl groups is 4. The van der Waals surface area contributed by atoms with Gasteiger partial charge in [0, 0.05) is 0 Å². The van der Waals surface area contributed by atoms with Gasteiger partial charge in [0.2, 0.25) is 0 Å². The number of rotatable bonds is 5.